The van der Waals surface area contributed by atoms with Crippen LogP contribution >= 0.6 is 0 Å². The summed E-state index contributed by atoms with van der Waals surface area (Å²) in [5, 5.41) is 5.01. The summed E-state index contributed by atoms with van der Waals surface area (Å²) in [6.45, 7) is 1.71. The summed E-state index contributed by atoms with van der Waals surface area (Å²) in [6.07, 6.45) is 6.00. The molecule has 0 aromatic carbocycles. The zero-order valence-corrected chi connectivity index (χ0v) is 11.8. The average Bonchev–Trinajstić information content (AvgIpc) is 3.23. The number of urea groups is 1. The molecule has 6 nitrogen and oxygen atoms in total. The van der Waals surface area contributed by atoms with Gasteiger partial charge in [-0.3, -0.25) is 14.9 Å². The van der Waals surface area contributed by atoms with Crippen LogP contribution in [-0.2, 0) is 14.3 Å². The topological polar surface area (TPSA) is 84.5 Å². The second-order valence-electron chi connectivity index (χ2n) is 5.77. The van der Waals surface area contributed by atoms with Crippen molar-refractivity contribution in [2.24, 2.45) is 11.8 Å². The van der Waals surface area contributed by atoms with E-state index in [1.807, 2.05) is 0 Å². The minimum absolute atomic E-state index is 0.0419. The second-order valence-corrected chi connectivity index (χ2v) is 5.77. The minimum atomic E-state index is -0.583. The molecule has 112 valence electrons. The lowest BCUT2D eigenvalue weighted by Crippen LogP contribution is -2.48. The molecule has 0 saturated heterocycles. The maximum absolute atomic E-state index is 11.7. The van der Waals surface area contributed by atoms with Crippen LogP contribution in [0.4, 0.5) is 4.79 Å². The molecule has 3 amide bonds. The predicted molar refractivity (Wildman–Crippen MR) is 71.8 cm³/mol. The van der Waals surface area contributed by atoms with Gasteiger partial charge in [-0.05, 0) is 31.6 Å². The van der Waals surface area contributed by atoms with Gasteiger partial charge in [0, 0.05) is 6.04 Å². The van der Waals surface area contributed by atoms with Crippen LogP contribution in [0.1, 0.15) is 45.4 Å². The zero-order chi connectivity index (χ0) is 14.5. The number of amides is 3. The van der Waals surface area contributed by atoms with E-state index < -0.39 is 11.9 Å². The van der Waals surface area contributed by atoms with Gasteiger partial charge in [-0.15, -0.1) is 0 Å². The van der Waals surface area contributed by atoms with E-state index in [1.165, 1.54) is 6.42 Å². The molecule has 2 atom stereocenters. The Morgan fingerprint density at radius 2 is 1.80 bits per heavy atom. The molecule has 0 heterocycles. The van der Waals surface area contributed by atoms with Crippen molar-refractivity contribution in [1.82, 2.24) is 10.6 Å². The summed E-state index contributed by atoms with van der Waals surface area (Å²) in [4.78, 5) is 34.4. The van der Waals surface area contributed by atoms with E-state index in [2.05, 4.69) is 17.6 Å². The van der Waals surface area contributed by atoms with E-state index in [1.54, 1.807) is 0 Å². The van der Waals surface area contributed by atoms with Crippen molar-refractivity contribution < 1.29 is 19.1 Å². The second kappa shape index (κ2) is 6.72. The quantitative estimate of drug-likeness (QED) is 0.762. The lowest BCUT2D eigenvalue weighted by Gasteiger charge is -2.29. The highest BCUT2D eigenvalue weighted by Gasteiger charge is 2.31. The fourth-order valence-electron chi connectivity index (χ4n) is 2.47. The third kappa shape index (κ3) is 4.51. The molecule has 0 bridgehead atoms. The summed E-state index contributed by atoms with van der Waals surface area (Å²) in [5.74, 6) is -0.543. The monoisotopic (exact) mass is 282 g/mol. The first-order valence-electron chi connectivity index (χ1n) is 7.33. The normalized spacial score (nSPS) is 25.6. The fraction of sp³-hybridized carbons (Fsp3) is 0.786. The highest BCUT2D eigenvalue weighted by atomic mass is 16.5. The Balaban J connectivity index is 1.65. The average molecular weight is 282 g/mol. The number of imide groups is 1. The maximum atomic E-state index is 11.7. The van der Waals surface area contributed by atoms with Crippen LogP contribution in [0, 0.1) is 11.8 Å². The summed E-state index contributed by atoms with van der Waals surface area (Å²) >= 11 is 0. The Labute approximate surface area is 118 Å². The van der Waals surface area contributed by atoms with Gasteiger partial charge in [0.15, 0.2) is 6.61 Å². The lowest BCUT2D eigenvalue weighted by molar-refractivity contribution is -0.149. The number of esters is 1. The first-order valence-corrected chi connectivity index (χ1v) is 7.33. The molecule has 2 aliphatic rings. The largest absolute Gasteiger partial charge is 0.455 e. The SMILES string of the molecule is C[C@@H]1CCCC[C@H]1NC(=O)NC(=O)COC(=O)C1CC1. The van der Waals surface area contributed by atoms with Gasteiger partial charge in [0.2, 0.25) is 0 Å². The summed E-state index contributed by atoms with van der Waals surface area (Å²) in [5.41, 5.74) is 0. The Bertz CT molecular complexity index is 393. The molecule has 0 aromatic heterocycles. The standard InChI is InChI=1S/C14H22N2O4/c1-9-4-2-3-5-11(9)15-14(19)16-12(17)8-20-13(18)10-6-7-10/h9-11H,2-8H2,1H3,(H2,15,16,17,19)/t9-,11-/m1/s1. The van der Waals surface area contributed by atoms with E-state index in [-0.39, 0.29) is 24.5 Å². The van der Waals surface area contributed by atoms with Gasteiger partial charge in [-0.1, -0.05) is 19.8 Å². The van der Waals surface area contributed by atoms with Crippen LogP contribution in [0.3, 0.4) is 0 Å². The number of carbonyl (C=O) groups excluding carboxylic acids is 3. The van der Waals surface area contributed by atoms with Crippen molar-refractivity contribution >= 4 is 17.9 Å². The number of hydrogen-bond acceptors (Lipinski definition) is 4. The predicted octanol–water partition coefficient (Wildman–Crippen LogP) is 1.34. The van der Waals surface area contributed by atoms with Gasteiger partial charge >= 0.3 is 12.0 Å². The van der Waals surface area contributed by atoms with Crippen molar-refractivity contribution in [3.05, 3.63) is 0 Å². The molecule has 6 heteroatoms. The number of hydrogen-bond donors (Lipinski definition) is 2. The molecule has 2 N–H and O–H groups in total. The van der Waals surface area contributed by atoms with Crippen LogP contribution in [0.15, 0.2) is 0 Å². The first-order chi connectivity index (χ1) is 9.56. The van der Waals surface area contributed by atoms with E-state index in [9.17, 15) is 14.4 Å². The lowest BCUT2D eigenvalue weighted by atomic mass is 9.86. The molecule has 20 heavy (non-hydrogen) atoms. The minimum Gasteiger partial charge on any atom is -0.455 e. The van der Waals surface area contributed by atoms with Crippen molar-refractivity contribution in [2.75, 3.05) is 6.61 Å². The number of rotatable bonds is 4. The van der Waals surface area contributed by atoms with Crippen molar-refractivity contribution in [1.29, 1.82) is 0 Å². The number of ether oxygens (including phenoxy) is 1. The molecule has 0 aliphatic heterocycles. The van der Waals surface area contributed by atoms with Gasteiger partial charge in [0.05, 0.1) is 5.92 Å². The van der Waals surface area contributed by atoms with E-state index >= 15 is 0 Å². The molecule has 0 radical (unpaired) electrons. The molecule has 0 aromatic rings. The summed E-state index contributed by atoms with van der Waals surface area (Å²) in [6, 6.07) is -0.387. The van der Waals surface area contributed by atoms with Gasteiger partial charge < -0.3 is 10.1 Å². The Morgan fingerprint density at radius 1 is 1.10 bits per heavy atom. The molecule has 0 spiro atoms. The first kappa shape index (κ1) is 14.8. The third-order valence-electron chi connectivity index (χ3n) is 3.94. The van der Waals surface area contributed by atoms with Crippen molar-refractivity contribution in [3.63, 3.8) is 0 Å². The highest BCUT2D eigenvalue weighted by Crippen LogP contribution is 2.29. The van der Waals surface area contributed by atoms with Gasteiger partial charge in [-0.2, -0.15) is 0 Å². The van der Waals surface area contributed by atoms with Gasteiger partial charge in [-0.25, -0.2) is 4.79 Å². The van der Waals surface area contributed by atoms with Crippen LogP contribution in [0.25, 0.3) is 0 Å². The molecule has 2 fully saturated rings. The molecule has 2 aliphatic carbocycles. The fourth-order valence-corrected chi connectivity index (χ4v) is 2.47. The summed E-state index contributed by atoms with van der Waals surface area (Å²) < 4.78 is 4.81. The van der Waals surface area contributed by atoms with E-state index in [0.29, 0.717) is 5.92 Å². The van der Waals surface area contributed by atoms with Crippen LogP contribution in [-0.4, -0.2) is 30.6 Å². The Morgan fingerprint density at radius 3 is 2.45 bits per heavy atom. The molecular formula is C14H22N2O4. The number of nitrogens with one attached hydrogen (secondary N) is 2. The third-order valence-corrected chi connectivity index (χ3v) is 3.94. The van der Waals surface area contributed by atoms with Crippen LogP contribution in [0.2, 0.25) is 0 Å². The molecule has 0 unspecified atom stereocenters. The van der Waals surface area contributed by atoms with Crippen LogP contribution in [0.5, 0.6) is 0 Å². The maximum Gasteiger partial charge on any atom is 0.321 e. The zero-order valence-electron chi connectivity index (χ0n) is 11.8. The molecule has 2 saturated carbocycles. The van der Waals surface area contributed by atoms with Gasteiger partial charge in [0.25, 0.3) is 5.91 Å². The highest BCUT2D eigenvalue weighted by molar-refractivity contribution is 5.95. The smallest absolute Gasteiger partial charge is 0.321 e. The van der Waals surface area contributed by atoms with E-state index in [0.717, 1.165) is 32.1 Å². The van der Waals surface area contributed by atoms with Crippen molar-refractivity contribution in [2.45, 2.75) is 51.5 Å². The molecular weight excluding hydrogens is 260 g/mol. The Kier molecular flexibility index (Phi) is 4.98. The van der Waals surface area contributed by atoms with Gasteiger partial charge in [0.1, 0.15) is 0 Å². The van der Waals surface area contributed by atoms with Crippen molar-refractivity contribution in [3.8, 4) is 0 Å². The number of carbonyl (C=O) groups is 3. The Hall–Kier alpha value is -1.59. The summed E-state index contributed by atoms with van der Waals surface area (Å²) in [7, 11) is 0. The van der Waals surface area contributed by atoms with E-state index in [4.69, 9.17) is 4.74 Å². The molecule has 2 rings (SSSR count). The van der Waals surface area contributed by atoms with Crippen LogP contribution < -0.4 is 10.6 Å².